The van der Waals surface area contributed by atoms with Gasteiger partial charge in [0, 0.05) is 13.1 Å². The lowest BCUT2D eigenvalue weighted by molar-refractivity contribution is 0.166. The maximum Gasteiger partial charge on any atom is 0.318 e. The van der Waals surface area contributed by atoms with Gasteiger partial charge in [-0.25, -0.2) is 4.79 Å². The highest BCUT2D eigenvalue weighted by molar-refractivity contribution is 5.75. The van der Waals surface area contributed by atoms with E-state index in [1.54, 1.807) is 11.0 Å². The van der Waals surface area contributed by atoms with Crippen molar-refractivity contribution in [2.75, 3.05) is 19.7 Å². The molecule has 1 aliphatic rings. The quantitative estimate of drug-likeness (QED) is 0.758. The van der Waals surface area contributed by atoms with Crippen LogP contribution >= 0.6 is 0 Å². The molecule has 0 bridgehead atoms. The van der Waals surface area contributed by atoms with Crippen molar-refractivity contribution in [3.8, 4) is 0 Å². The van der Waals surface area contributed by atoms with Crippen molar-refractivity contribution in [3.05, 3.63) is 48.6 Å². The maximum absolute atomic E-state index is 12.4. The minimum absolute atomic E-state index is 0.0410. The third-order valence-corrected chi connectivity index (χ3v) is 4.07. The molecule has 1 fully saturated rings. The molecule has 1 aromatic carbocycles. The van der Waals surface area contributed by atoms with Gasteiger partial charge in [0.25, 0.3) is 0 Å². The fourth-order valence-electron chi connectivity index (χ4n) is 2.68. The first kappa shape index (κ1) is 15.6. The second-order valence-corrected chi connectivity index (χ2v) is 5.49. The van der Waals surface area contributed by atoms with Crippen molar-refractivity contribution < 1.29 is 9.90 Å². The Morgan fingerprint density at radius 1 is 1.43 bits per heavy atom. The smallest absolute Gasteiger partial charge is 0.318 e. The molecular weight excluding hydrogens is 264 g/mol. The van der Waals surface area contributed by atoms with E-state index in [0.29, 0.717) is 19.0 Å². The van der Waals surface area contributed by atoms with Gasteiger partial charge >= 0.3 is 6.03 Å². The van der Waals surface area contributed by atoms with E-state index >= 15 is 0 Å². The van der Waals surface area contributed by atoms with Gasteiger partial charge < -0.3 is 15.3 Å². The molecule has 0 heterocycles. The van der Waals surface area contributed by atoms with Crippen molar-refractivity contribution >= 4 is 6.03 Å². The number of aliphatic hydroxyl groups is 1. The maximum atomic E-state index is 12.4. The van der Waals surface area contributed by atoms with Crippen LogP contribution in [0.4, 0.5) is 4.79 Å². The average Bonchev–Trinajstić information content (AvgIpc) is 2.45. The standard InChI is InChI=1S/C17H24N2O2/c1-2-11-19(12-13-20)17(21)18-16(15-9-6-10-15)14-7-4-3-5-8-14/h2-5,7-8,15-16,20H,1,6,9-13H2,(H,18,21). The Balaban J connectivity index is 2.07. The summed E-state index contributed by atoms with van der Waals surface area (Å²) in [6.45, 7) is 4.39. The Bertz CT molecular complexity index is 457. The monoisotopic (exact) mass is 288 g/mol. The molecular formula is C17H24N2O2. The Kier molecular flexibility index (Phi) is 5.81. The van der Waals surface area contributed by atoms with Crippen LogP contribution in [0.1, 0.15) is 30.9 Å². The fourth-order valence-corrected chi connectivity index (χ4v) is 2.68. The van der Waals surface area contributed by atoms with Crippen LogP contribution in [0.25, 0.3) is 0 Å². The Hall–Kier alpha value is -1.81. The number of carbonyl (C=O) groups is 1. The van der Waals surface area contributed by atoms with Gasteiger partial charge in [-0.15, -0.1) is 6.58 Å². The van der Waals surface area contributed by atoms with Crippen LogP contribution in [0, 0.1) is 5.92 Å². The van der Waals surface area contributed by atoms with Gasteiger partial charge in [0.15, 0.2) is 0 Å². The van der Waals surface area contributed by atoms with E-state index in [9.17, 15) is 4.79 Å². The van der Waals surface area contributed by atoms with Crippen LogP contribution in [-0.4, -0.2) is 35.7 Å². The van der Waals surface area contributed by atoms with E-state index in [2.05, 4.69) is 24.0 Å². The number of carbonyl (C=O) groups excluding carboxylic acids is 1. The molecule has 4 nitrogen and oxygen atoms in total. The summed E-state index contributed by atoms with van der Waals surface area (Å²) in [6.07, 6.45) is 5.22. The van der Waals surface area contributed by atoms with E-state index in [1.165, 1.54) is 6.42 Å². The molecule has 1 aromatic rings. The second kappa shape index (κ2) is 7.84. The SMILES string of the molecule is C=CCN(CCO)C(=O)NC(c1ccccc1)C1CCC1. The lowest BCUT2D eigenvalue weighted by atomic mass is 9.77. The molecule has 0 radical (unpaired) electrons. The predicted molar refractivity (Wildman–Crippen MR) is 83.9 cm³/mol. The number of hydrogen-bond donors (Lipinski definition) is 2. The van der Waals surface area contributed by atoms with Gasteiger partial charge in [-0.05, 0) is 24.3 Å². The minimum atomic E-state index is -0.135. The van der Waals surface area contributed by atoms with Gasteiger partial charge in [-0.1, -0.05) is 42.8 Å². The third-order valence-electron chi connectivity index (χ3n) is 4.07. The summed E-state index contributed by atoms with van der Waals surface area (Å²) < 4.78 is 0. The summed E-state index contributed by atoms with van der Waals surface area (Å²) in [5.41, 5.74) is 1.15. The molecule has 1 saturated carbocycles. The molecule has 114 valence electrons. The molecule has 1 unspecified atom stereocenters. The highest BCUT2D eigenvalue weighted by Gasteiger charge is 2.30. The molecule has 1 aliphatic carbocycles. The second-order valence-electron chi connectivity index (χ2n) is 5.49. The fraction of sp³-hybridized carbons (Fsp3) is 0.471. The summed E-state index contributed by atoms with van der Waals surface area (Å²) >= 11 is 0. The summed E-state index contributed by atoms with van der Waals surface area (Å²) in [4.78, 5) is 14.0. The first-order valence-corrected chi connectivity index (χ1v) is 7.58. The first-order valence-electron chi connectivity index (χ1n) is 7.58. The summed E-state index contributed by atoms with van der Waals surface area (Å²) in [6, 6.07) is 10.0. The van der Waals surface area contributed by atoms with Gasteiger partial charge in [-0.3, -0.25) is 0 Å². The Morgan fingerprint density at radius 3 is 2.67 bits per heavy atom. The van der Waals surface area contributed by atoms with Crippen molar-refractivity contribution in [3.63, 3.8) is 0 Å². The van der Waals surface area contributed by atoms with Crippen LogP contribution in [0.3, 0.4) is 0 Å². The number of amides is 2. The summed E-state index contributed by atoms with van der Waals surface area (Å²) in [5.74, 6) is 0.510. The van der Waals surface area contributed by atoms with E-state index in [4.69, 9.17) is 5.11 Å². The summed E-state index contributed by atoms with van der Waals surface area (Å²) in [5, 5.41) is 12.2. The molecule has 0 aromatic heterocycles. The molecule has 21 heavy (non-hydrogen) atoms. The van der Waals surface area contributed by atoms with Gasteiger partial charge in [0.2, 0.25) is 0 Å². The topological polar surface area (TPSA) is 52.6 Å². The largest absolute Gasteiger partial charge is 0.395 e. The number of urea groups is 1. The molecule has 2 rings (SSSR count). The van der Waals surface area contributed by atoms with Crippen molar-refractivity contribution in [1.29, 1.82) is 0 Å². The summed E-state index contributed by atoms with van der Waals surface area (Å²) in [7, 11) is 0. The van der Waals surface area contributed by atoms with Crippen molar-refractivity contribution in [2.45, 2.75) is 25.3 Å². The third kappa shape index (κ3) is 4.08. The molecule has 1 atom stereocenters. The molecule has 0 saturated heterocycles. The highest BCUT2D eigenvalue weighted by Crippen LogP contribution is 2.37. The Morgan fingerprint density at radius 2 is 2.14 bits per heavy atom. The highest BCUT2D eigenvalue weighted by atomic mass is 16.3. The van der Waals surface area contributed by atoms with Crippen LogP contribution in [0.15, 0.2) is 43.0 Å². The molecule has 0 aliphatic heterocycles. The first-order chi connectivity index (χ1) is 10.3. The zero-order valence-corrected chi connectivity index (χ0v) is 12.4. The zero-order valence-electron chi connectivity index (χ0n) is 12.4. The minimum Gasteiger partial charge on any atom is -0.395 e. The van der Waals surface area contributed by atoms with Gasteiger partial charge in [0.1, 0.15) is 0 Å². The van der Waals surface area contributed by atoms with Crippen LogP contribution < -0.4 is 5.32 Å². The lowest BCUT2D eigenvalue weighted by Crippen LogP contribution is -2.45. The lowest BCUT2D eigenvalue weighted by Gasteiger charge is -2.36. The molecule has 2 N–H and O–H groups in total. The van der Waals surface area contributed by atoms with Crippen LogP contribution in [0.5, 0.6) is 0 Å². The van der Waals surface area contributed by atoms with Gasteiger partial charge in [0.05, 0.1) is 12.6 Å². The van der Waals surface area contributed by atoms with Crippen molar-refractivity contribution in [1.82, 2.24) is 10.2 Å². The number of benzene rings is 1. The molecule has 0 spiro atoms. The van der Waals surface area contributed by atoms with E-state index in [-0.39, 0.29) is 18.7 Å². The number of rotatable bonds is 7. The van der Waals surface area contributed by atoms with E-state index < -0.39 is 0 Å². The number of nitrogens with zero attached hydrogens (tertiary/aromatic N) is 1. The predicted octanol–water partition coefficient (Wildman–Crippen LogP) is 2.72. The van der Waals surface area contributed by atoms with E-state index in [1.807, 2.05) is 18.2 Å². The van der Waals surface area contributed by atoms with Gasteiger partial charge in [-0.2, -0.15) is 0 Å². The Labute approximate surface area is 126 Å². The number of hydrogen-bond acceptors (Lipinski definition) is 2. The molecule has 4 heteroatoms. The number of nitrogens with one attached hydrogen (secondary N) is 1. The number of aliphatic hydroxyl groups excluding tert-OH is 1. The molecule has 2 amide bonds. The zero-order chi connectivity index (χ0) is 15.1. The normalized spacial score (nSPS) is 15.9. The average molecular weight is 288 g/mol. The van der Waals surface area contributed by atoms with Crippen LogP contribution in [0.2, 0.25) is 0 Å². The van der Waals surface area contributed by atoms with Crippen molar-refractivity contribution in [2.24, 2.45) is 5.92 Å². The van der Waals surface area contributed by atoms with Crippen LogP contribution in [-0.2, 0) is 0 Å². The van der Waals surface area contributed by atoms with E-state index in [0.717, 1.165) is 18.4 Å².